The zero-order valence-corrected chi connectivity index (χ0v) is 15.2. The number of halogens is 2. The van der Waals surface area contributed by atoms with Gasteiger partial charge >= 0.3 is 5.63 Å². The summed E-state index contributed by atoms with van der Waals surface area (Å²) < 4.78 is 17.1. The van der Waals surface area contributed by atoms with Gasteiger partial charge < -0.3 is 13.3 Å². The molecule has 5 rings (SSSR count). The molecule has 132 valence electrons. The van der Waals surface area contributed by atoms with E-state index in [-0.39, 0.29) is 0 Å². The third-order valence-electron chi connectivity index (χ3n) is 4.37. The van der Waals surface area contributed by atoms with E-state index in [4.69, 9.17) is 36.5 Å². The maximum absolute atomic E-state index is 12.1. The summed E-state index contributed by atoms with van der Waals surface area (Å²) in [4.78, 5) is 12.1. The lowest BCUT2D eigenvalue weighted by Gasteiger charge is -2.05. The number of hydrogen-bond acceptors (Lipinski definition) is 4. The minimum Gasteiger partial charge on any atom is -0.464 e. The minimum atomic E-state index is -0.483. The third-order valence-corrected chi connectivity index (χ3v) is 4.84. The fraction of sp³-hybridized carbons (Fsp3) is 0. The second kappa shape index (κ2) is 6.05. The first-order valence-electron chi connectivity index (χ1n) is 8.10. The van der Waals surface area contributed by atoms with Crippen LogP contribution in [0, 0.1) is 0 Å². The summed E-state index contributed by atoms with van der Waals surface area (Å²) in [7, 11) is 0. The average Bonchev–Trinajstić information content (AvgIpc) is 3.28. The quantitative estimate of drug-likeness (QED) is 0.308. The van der Waals surface area contributed by atoms with Gasteiger partial charge in [0.1, 0.15) is 22.7 Å². The van der Waals surface area contributed by atoms with E-state index in [0.717, 1.165) is 5.39 Å². The summed E-state index contributed by atoms with van der Waals surface area (Å²) in [6.07, 6.45) is 1.58. The van der Waals surface area contributed by atoms with Gasteiger partial charge in [-0.15, -0.1) is 0 Å². The van der Waals surface area contributed by atoms with Gasteiger partial charge in [-0.25, -0.2) is 4.79 Å². The molecule has 27 heavy (non-hydrogen) atoms. The standard InChI is InChI=1S/C21H10Cl2O4/c22-11-3-5-16-13(8-11)14(10-19(24)26-16)21-20(18-2-1-7-25-18)15-9-12(23)4-6-17(15)27-21/h1-10H. The molecule has 0 amide bonds. The molecule has 0 atom stereocenters. The Labute approximate surface area is 162 Å². The average molecular weight is 397 g/mol. The molecular weight excluding hydrogens is 387 g/mol. The molecule has 0 saturated heterocycles. The maximum Gasteiger partial charge on any atom is 0.336 e. The predicted molar refractivity (Wildman–Crippen MR) is 105 cm³/mol. The number of furan rings is 2. The van der Waals surface area contributed by atoms with Gasteiger partial charge in [0.25, 0.3) is 0 Å². The van der Waals surface area contributed by atoms with E-state index in [1.807, 2.05) is 12.1 Å². The first-order valence-corrected chi connectivity index (χ1v) is 8.85. The van der Waals surface area contributed by atoms with E-state index in [1.54, 1.807) is 42.7 Å². The lowest BCUT2D eigenvalue weighted by Crippen LogP contribution is -1.98. The molecule has 3 aromatic heterocycles. The number of benzene rings is 2. The summed E-state index contributed by atoms with van der Waals surface area (Å²) in [6.45, 7) is 0. The van der Waals surface area contributed by atoms with Crippen LogP contribution in [0.1, 0.15) is 0 Å². The fourth-order valence-electron chi connectivity index (χ4n) is 3.25. The van der Waals surface area contributed by atoms with E-state index in [2.05, 4.69) is 0 Å². The molecule has 0 aliphatic heterocycles. The summed E-state index contributed by atoms with van der Waals surface area (Å²) in [5, 5.41) is 2.55. The monoisotopic (exact) mass is 396 g/mol. The first-order chi connectivity index (χ1) is 13.1. The Balaban J connectivity index is 1.95. The Bertz CT molecular complexity index is 1360. The van der Waals surface area contributed by atoms with Gasteiger partial charge in [0, 0.05) is 32.4 Å². The van der Waals surface area contributed by atoms with E-state index in [9.17, 15) is 4.79 Å². The van der Waals surface area contributed by atoms with Crippen molar-refractivity contribution >= 4 is 45.1 Å². The second-order valence-electron chi connectivity index (χ2n) is 6.04. The fourth-order valence-corrected chi connectivity index (χ4v) is 3.59. The lowest BCUT2D eigenvalue weighted by atomic mass is 10.0. The van der Waals surface area contributed by atoms with Gasteiger partial charge in [-0.05, 0) is 48.5 Å². The Morgan fingerprint density at radius 3 is 2.19 bits per heavy atom. The van der Waals surface area contributed by atoms with Crippen molar-refractivity contribution in [2.45, 2.75) is 0 Å². The molecule has 0 N–H and O–H groups in total. The minimum absolute atomic E-state index is 0.422. The Morgan fingerprint density at radius 2 is 1.48 bits per heavy atom. The van der Waals surface area contributed by atoms with Crippen LogP contribution >= 0.6 is 23.2 Å². The molecule has 0 bridgehead atoms. The first kappa shape index (κ1) is 16.2. The SMILES string of the molecule is O=c1cc(-c2oc3ccc(Cl)cc3c2-c2ccco2)c2cc(Cl)ccc2o1. The van der Waals surface area contributed by atoms with Crippen LogP contribution in [0.25, 0.3) is 44.6 Å². The molecular formula is C21H10Cl2O4. The van der Waals surface area contributed by atoms with Gasteiger partial charge in [-0.2, -0.15) is 0 Å². The van der Waals surface area contributed by atoms with Crippen molar-refractivity contribution in [3.05, 3.63) is 81.3 Å². The molecule has 0 unspecified atom stereocenters. The molecule has 0 radical (unpaired) electrons. The van der Waals surface area contributed by atoms with Crippen molar-refractivity contribution in [3.63, 3.8) is 0 Å². The number of fused-ring (bicyclic) bond motifs is 2. The van der Waals surface area contributed by atoms with Crippen LogP contribution in [0.15, 0.2) is 78.9 Å². The highest BCUT2D eigenvalue weighted by molar-refractivity contribution is 6.32. The molecule has 6 heteroatoms. The van der Waals surface area contributed by atoms with Crippen LogP contribution in [0.5, 0.6) is 0 Å². The zero-order valence-electron chi connectivity index (χ0n) is 13.7. The van der Waals surface area contributed by atoms with E-state index >= 15 is 0 Å². The van der Waals surface area contributed by atoms with Gasteiger partial charge in [0.2, 0.25) is 0 Å². The van der Waals surface area contributed by atoms with Crippen LogP contribution < -0.4 is 5.63 Å². The predicted octanol–water partition coefficient (Wildman–Crippen LogP) is 6.77. The van der Waals surface area contributed by atoms with Crippen LogP contribution in [0.3, 0.4) is 0 Å². The van der Waals surface area contributed by atoms with Crippen LogP contribution in [-0.4, -0.2) is 0 Å². The smallest absolute Gasteiger partial charge is 0.336 e. The number of hydrogen-bond donors (Lipinski definition) is 0. The Morgan fingerprint density at radius 1 is 0.778 bits per heavy atom. The van der Waals surface area contributed by atoms with Crippen LogP contribution in [-0.2, 0) is 0 Å². The Kier molecular flexibility index (Phi) is 3.64. The van der Waals surface area contributed by atoms with Gasteiger partial charge in [-0.3, -0.25) is 0 Å². The molecule has 0 aliphatic rings. The maximum atomic E-state index is 12.1. The molecule has 3 heterocycles. The van der Waals surface area contributed by atoms with Gasteiger partial charge in [0.15, 0.2) is 0 Å². The topological polar surface area (TPSA) is 56.5 Å². The molecule has 4 nitrogen and oxygen atoms in total. The second-order valence-corrected chi connectivity index (χ2v) is 6.92. The van der Waals surface area contributed by atoms with E-state index in [0.29, 0.717) is 49.2 Å². The van der Waals surface area contributed by atoms with Crippen molar-refractivity contribution < 1.29 is 13.3 Å². The largest absolute Gasteiger partial charge is 0.464 e. The summed E-state index contributed by atoms with van der Waals surface area (Å²) in [5.74, 6) is 1.09. The third kappa shape index (κ3) is 2.65. The molecule has 0 saturated carbocycles. The number of rotatable bonds is 2. The highest BCUT2D eigenvalue weighted by Crippen LogP contribution is 2.43. The lowest BCUT2D eigenvalue weighted by molar-refractivity contribution is 0.559. The van der Waals surface area contributed by atoms with Crippen LogP contribution in [0.4, 0.5) is 0 Å². The van der Waals surface area contributed by atoms with E-state index < -0.39 is 5.63 Å². The molecule has 0 spiro atoms. The Hall–Kier alpha value is -2.95. The highest BCUT2D eigenvalue weighted by atomic mass is 35.5. The summed E-state index contributed by atoms with van der Waals surface area (Å²) in [5.41, 5.74) is 1.85. The van der Waals surface area contributed by atoms with Crippen LogP contribution in [0.2, 0.25) is 10.0 Å². The highest BCUT2D eigenvalue weighted by Gasteiger charge is 2.22. The summed E-state index contributed by atoms with van der Waals surface area (Å²) >= 11 is 12.4. The van der Waals surface area contributed by atoms with Crippen molar-refractivity contribution in [2.24, 2.45) is 0 Å². The normalized spacial score (nSPS) is 11.5. The zero-order chi connectivity index (χ0) is 18.5. The van der Waals surface area contributed by atoms with E-state index in [1.165, 1.54) is 6.07 Å². The van der Waals surface area contributed by atoms with Crippen molar-refractivity contribution in [1.29, 1.82) is 0 Å². The van der Waals surface area contributed by atoms with Crippen molar-refractivity contribution in [1.82, 2.24) is 0 Å². The van der Waals surface area contributed by atoms with Gasteiger partial charge in [0.05, 0.1) is 11.8 Å². The van der Waals surface area contributed by atoms with Gasteiger partial charge in [-0.1, -0.05) is 23.2 Å². The van der Waals surface area contributed by atoms with Crippen molar-refractivity contribution in [2.75, 3.05) is 0 Å². The molecule has 2 aromatic carbocycles. The molecule has 0 aliphatic carbocycles. The molecule has 0 fully saturated rings. The van der Waals surface area contributed by atoms with Crippen molar-refractivity contribution in [3.8, 4) is 22.6 Å². The summed E-state index contributed by atoms with van der Waals surface area (Å²) in [6, 6.07) is 15.4. The molecule has 5 aromatic rings.